The number of halogens is 1. The molecule has 0 aliphatic heterocycles. The van der Waals surface area contributed by atoms with Crippen LogP contribution < -0.4 is 9.62 Å². The number of rotatable bonds is 12. The molecular formula is C30H36ClN3O4S. The van der Waals surface area contributed by atoms with Crippen LogP contribution in [-0.2, 0) is 26.0 Å². The monoisotopic (exact) mass is 569 g/mol. The molecule has 3 aromatic carbocycles. The fourth-order valence-electron chi connectivity index (χ4n) is 4.02. The molecule has 0 bridgehead atoms. The van der Waals surface area contributed by atoms with Crippen LogP contribution in [0.3, 0.4) is 0 Å². The van der Waals surface area contributed by atoms with Gasteiger partial charge in [0.15, 0.2) is 0 Å². The van der Waals surface area contributed by atoms with Crippen LogP contribution >= 0.6 is 11.6 Å². The number of carbonyl (C=O) groups is 2. The number of nitrogens with zero attached hydrogens (tertiary/aromatic N) is 2. The molecule has 3 aromatic rings. The van der Waals surface area contributed by atoms with E-state index in [1.54, 1.807) is 37.3 Å². The van der Waals surface area contributed by atoms with Crippen molar-refractivity contribution in [3.05, 3.63) is 95.0 Å². The van der Waals surface area contributed by atoms with Crippen LogP contribution in [0, 0.1) is 6.92 Å². The summed E-state index contributed by atoms with van der Waals surface area (Å²) in [5, 5.41) is 3.32. The highest BCUT2D eigenvalue weighted by atomic mass is 35.5. The maximum atomic E-state index is 13.9. The predicted molar refractivity (Wildman–Crippen MR) is 156 cm³/mol. The summed E-state index contributed by atoms with van der Waals surface area (Å²) in [7, 11) is -4.12. The summed E-state index contributed by atoms with van der Waals surface area (Å²) in [6, 6.07) is 21.6. The summed E-state index contributed by atoms with van der Waals surface area (Å²) < 4.78 is 28.6. The van der Waals surface area contributed by atoms with Crippen molar-refractivity contribution in [2.24, 2.45) is 0 Å². The average molecular weight is 570 g/mol. The highest BCUT2D eigenvalue weighted by Gasteiger charge is 2.32. The molecule has 2 atom stereocenters. The Hall–Kier alpha value is -3.36. The lowest BCUT2D eigenvalue weighted by Crippen LogP contribution is -2.53. The van der Waals surface area contributed by atoms with Crippen LogP contribution in [0.25, 0.3) is 0 Å². The van der Waals surface area contributed by atoms with Crippen molar-refractivity contribution >= 4 is 39.1 Å². The third kappa shape index (κ3) is 7.83. The fraction of sp³-hybridized carbons (Fsp3) is 0.333. The van der Waals surface area contributed by atoms with Crippen LogP contribution in [0.5, 0.6) is 0 Å². The van der Waals surface area contributed by atoms with Crippen molar-refractivity contribution in [2.45, 2.75) is 57.5 Å². The summed E-state index contributed by atoms with van der Waals surface area (Å²) >= 11 is 6.36. The molecule has 0 unspecified atom stereocenters. The van der Waals surface area contributed by atoms with Gasteiger partial charge in [-0.1, -0.05) is 73.1 Å². The van der Waals surface area contributed by atoms with Crippen molar-refractivity contribution in [3.8, 4) is 0 Å². The lowest BCUT2D eigenvalue weighted by molar-refractivity contribution is -0.139. The van der Waals surface area contributed by atoms with Crippen LogP contribution in [0.4, 0.5) is 5.69 Å². The Morgan fingerprint density at radius 2 is 1.56 bits per heavy atom. The van der Waals surface area contributed by atoms with E-state index < -0.39 is 28.5 Å². The van der Waals surface area contributed by atoms with Gasteiger partial charge >= 0.3 is 0 Å². The van der Waals surface area contributed by atoms with Crippen LogP contribution in [0.15, 0.2) is 83.8 Å². The van der Waals surface area contributed by atoms with Gasteiger partial charge in [0.25, 0.3) is 10.0 Å². The number of sulfonamides is 1. The Morgan fingerprint density at radius 3 is 2.15 bits per heavy atom. The summed E-state index contributed by atoms with van der Waals surface area (Å²) in [6.45, 7) is 7.09. The van der Waals surface area contributed by atoms with Crippen molar-refractivity contribution in [2.75, 3.05) is 17.4 Å². The topological polar surface area (TPSA) is 86.8 Å². The molecule has 0 aliphatic carbocycles. The van der Waals surface area contributed by atoms with Gasteiger partial charge in [-0.2, -0.15) is 0 Å². The Labute approximate surface area is 236 Å². The Balaban J connectivity index is 1.98. The minimum atomic E-state index is -4.12. The summed E-state index contributed by atoms with van der Waals surface area (Å²) in [5.74, 6) is -0.782. The number of carbonyl (C=O) groups excluding carboxylic acids is 2. The zero-order chi connectivity index (χ0) is 28.6. The minimum absolute atomic E-state index is 0.0490. The molecule has 0 aromatic heterocycles. The van der Waals surface area contributed by atoms with E-state index in [0.717, 1.165) is 21.9 Å². The molecule has 3 rings (SSSR count). The molecular weight excluding hydrogens is 534 g/mol. The SMILES string of the molecule is CC[C@@H](C)NC(=O)[C@@H](C)N(CCc1ccccc1)C(=O)CN(c1ccc(C)c(Cl)c1)S(=O)(=O)c1ccccc1. The van der Waals surface area contributed by atoms with Gasteiger partial charge < -0.3 is 10.2 Å². The lowest BCUT2D eigenvalue weighted by Gasteiger charge is -2.32. The minimum Gasteiger partial charge on any atom is -0.352 e. The standard InChI is InChI=1S/C30H36ClN3O4S/c1-5-23(3)32-30(36)24(4)33(19-18-25-12-8-6-9-13-25)29(35)21-34(26-17-16-22(2)28(31)20-26)39(37,38)27-14-10-7-11-15-27/h6-17,20,23-24H,5,18-19,21H2,1-4H3,(H,32,36)/t23-,24-/m1/s1. The van der Waals surface area contributed by atoms with E-state index in [2.05, 4.69) is 5.32 Å². The van der Waals surface area contributed by atoms with Gasteiger partial charge in [0.2, 0.25) is 11.8 Å². The number of aryl methyl sites for hydroxylation is 1. The van der Waals surface area contributed by atoms with Crippen LogP contribution in [0.1, 0.15) is 38.3 Å². The van der Waals surface area contributed by atoms with E-state index in [1.807, 2.05) is 51.1 Å². The molecule has 0 saturated heterocycles. The van der Waals surface area contributed by atoms with Gasteiger partial charge in [-0.25, -0.2) is 8.42 Å². The van der Waals surface area contributed by atoms with Gasteiger partial charge in [-0.05, 0) is 69.0 Å². The Morgan fingerprint density at radius 1 is 0.949 bits per heavy atom. The number of hydrogen-bond donors (Lipinski definition) is 1. The maximum absolute atomic E-state index is 13.9. The molecule has 2 amide bonds. The van der Waals surface area contributed by atoms with E-state index in [4.69, 9.17) is 11.6 Å². The number of benzene rings is 3. The fourth-order valence-corrected chi connectivity index (χ4v) is 5.62. The predicted octanol–water partition coefficient (Wildman–Crippen LogP) is 5.22. The third-order valence-electron chi connectivity index (χ3n) is 6.71. The summed E-state index contributed by atoms with van der Waals surface area (Å²) in [5.41, 5.74) is 2.05. The molecule has 0 saturated carbocycles. The lowest BCUT2D eigenvalue weighted by atomic mass is 10.1. The molecule has 9 heteroatoms. The maximum Gasteiger partial charge on any atom is 0.264 e. The third-order valence-corrected chi connectivity index (χ3v) is 8.90. The van der Waals surface area contributed by atoms with Crippen molar-refractivity contribution in [1.29, 1.82) is 0 Å². The number of nitrogens with one attached hydrogen (secondary N) is 1. The van der Waals surface area contributed by atoms with Crippen LogP contribution in [0.2, 0.25) is 5.02 Å². The highest BCUT2D eigenvalue weighted by molar-refractivity contribution is 7.92. The normalized spacial score (nSPS) is 12.8. The van der Waals surface area contributed by atoms with E-state index >= 15 is 0 Å². The van der Waals surface area contributed by atoms with Crippen LogP contribution in [-0.4, -0.2) is 50.3 Å². The second-order valence-corrected chi connectivity index (χ2v) is 11.8. The Kier molecular flexibility index (Phi) is 10.5. The van der Waals surface area contributed by atoms with Gasteiger partial charge in [0.1, 0.15) is 12.6 Å². The first-order chi connectivity index (χ1) is 18.5. The molecule has 0 heterocycles. The zero-order valence-electron chi connectivity index (χ0n) is 22.8. The molecule has 208 valence electrons. The molecule has 0 radical (unpaired) electrons. The largest absolute Gasteiger partial charge is 0.352 e. The summed E-state index contributed by atoms with van der Waals surface area (Å²) in [4.78, 5) is 28.5. The van der Waals surface area contributed by atoms with E-state index in [-0.39, 0.29) is 29.1 Å². The first kappa shape index (κ1) is 30.2. The Bertz CT molecular complexity index is 1370. The molecule has 39 heavy (non-hydrogen) atoms. The number of anilines is 1. The van der Waals surface area contributed by atoms with Gasteiger partial charge in [-0.15, -0.1) is 0 Å². The second-order valence-electron chi connectivity index (χ2n) is 9.57. The first-order valence-corrected chi connectivity index (χ1v) is 14.8. The van der Waals surface area contributed by atoms with Crippen molar-refractivity contribution in [3.63, 3.8) is 0 Å². The smallest absolute Gasteiger partial charge is 0.264 e. The van der Waals surface area contributed by atoms with Gasteiger partial charge in [0.05, 0.1) is 10.6 Å². The molecule has 7 nitrogen and oxygen atoms in total. The molecule has 0 spiro atoms. The van der Waals surface area contributed by atoms with E-state index in [0.29, 0.717) is 11.4 Å². The van der Waals surface area contributed by atoms with Gasteiger partial charge in [-0.3, -0.25) is 13.9 Å². The second kappa shape index (κ2) is 13.6. The van der Waals surface area contributed by atoms with Crippen molar-refractivity contribution < 1.29 is 18.0 Å². The average Bonchev–Trinajstić information content (AvgIpc) is 2.94. The molecule has 0 aliphatic rings. The summed E-state index contributed by atoms with van der Waals surface area (Å²) in [6.07, 6.45) is 1.25. The first-order valence-electron chi connectivity index (χ1n) is 13.0. The quantitative estimate of drug-likeness (QED) is 0.324. The highest BCUT2D eigenvalue weighted by Crippen LogP contribution is 2.28. The number of amides is 2. The van der Waals surface area contributed by atoms with E-state index in [9.17, 15) is 18.0 Å². The van der Waals surface area contributed by atoms with E-state index in [1.165, 1.54) is 23.1 Å². The molecule has 0 fully saturated rings. The number of hydrogen-bond acceptors (Lipinski definition) is 4. The zero-order valence-corrected chi connectivity index (χ0v) is 24.4. The molecule has 1 N–H and O–H groups in total. The van der Waals surface area contributed by atoms with Crippen molar-refractivity contribution in [1.82, 2.24) is 10.2 Å². The van der Waals surface area contributed by atoms with Gasteiger partial charge in [0, 0.05) is 17.6 Å².